The van der Waals surface area contributed by atoms with Gasteiger partial charge in [0.1, 0.15) is 0 Å². The van der Waals surface area contributed by atoms with Crippen LogP contribution < -0.4 is 0 Å². The summed E-state index contributed by atoms with van der Waals surface area (Å²) in [5.74, 6) is 0. The summed E-state index contributed by atoms with van der Waals surface area (Å²) in [5, 5.41) is 1.27. The van der Waals surface area contributed by atoms with E-state index in [1.807, 2.05) is 6.07 Å². The summed E-state index contributed by atoms with van der Waals surface area (Å²) in [6.07, 6.45) is 0. The van der Waals surface area contributed by atoms with E-state index < -0.39 is 10.4 Å². The van der Waals surface area contributed by atoms with Gasteiger partial charge in [0, 0.05) is 11.2 Å². The van der Waals surface area contributed by atoms with Crippen LogP contribution in [0.5, 0.6) is 0 Å². The Morgan fingerprint density at radius 2 is 1.79 bits per heavy atom. The summed E-state index contributed by atoms with van der Waals surface area (Å²) in [6, 6.07) is 16.8. The van der Waals surface area contributed by atoms with Crippen LogP contribution in [-0.2, 0) is 14.6 Å². The van der Waals surface area contributed by atoms with Crippen molar-refractivity contribution in [3.05, 3.63) is 48.5 Å². The van der Waals surface area contributed by atoms with Gasteiger partial charge in [0.05, 0.1) is 7.11 Å². The van der Waals surface area contributed by atoms with Crippen LogP contribution in [0.3, 0.4) is 0 Å². The molecule has 1 aliphatic heterocycles. The maximum absolute atomic E-state index is 9.33. The molecular formula is C13H13NO4S. The van der Waals surface area contributed by atoms with Gasteiger partial charge in [0.2, 0.25) is 0 Å². The van der Waals surface area contributed by atoms with Crippen molar-refractivity contribution in [3.8, 4) is 11.3 Å². The largest absolute Gasteiger partial charge is 0.397 e. The molecule has 0 unspecified atom stereocenters. The van der Waals surface area contributed by atoms with Crippen molar-refractivity contribution >= 4 is 21.3 Å². The van der Waals surface area contributed by atoms with Crippen molar-refractivity contribution in [2.24, 2.45) is 0 Å². The molecule has 2 aliphatic rings. The number of para-hydroxylation sites is 1. The molecule has 2 N–H and O–H groups in total. The molecule has 0 radical (unpaired) electrons. The molecular weight excluding hydrogens is 266 g/mol. The van der Waals surface area contributed by atoms with Gasteiger partial charge in [-0.05, 0) is 29.1 Å². The molecule has 5 nitrogen and oxygen atoms in total. The third-order valence-corrected chi connectivity index (χ3v) is 3.02. The van der Waals surface area contributed by atoms with E-state index in [9.17, 15) is 8.42 Å². The fourth-order valence-corrected chi connectivity index (χ4v) is 1.72. The first kappa shape index (κ1) is 13.5. The fraction of sp³-hybridized carbons (Fsp3) is 0.0769. The molecule has 3 rings (SSSR count). The molecule has 0 saturated carbocycles. The molecule has 0 bridgehead atoms. The number of pyridine rings is 1. The summed E-state index contributed by atoms with van der Waals surface area (Å²) in [6.45, 7) is 0. The number of hydrogen-bond donors (Lipinski definition) is 2. The van der Waals surface area contributed by atoms with Crippen molar-refractivity contribution in [3.63, 3.8) is 0 Å². The van der Waals surface area contributed by atoms with Crippen molar-refractivity contribution in [2.75, 3.05) is 7.11 Å². The molecule has 1 aromatic rings. The maximum atomic E-state index is 9.33. The molecule has 0 aromatic heterocycles. The van der Waals surface area contributed by atoms with E-state index >= 15 is 0 Å². The highest BCUT2D eigenvalue weighted by molar-refractivity contribution is 7.80. The summed E-state index contributed by atoms with van der Waals surface area (Å²) in [4.78, 5) is 3.39. The Kier molecular flexibility index (Phi) is 3.84. The SMILES string of the molecule is COS(=O)(=O)O.c1cc2cc3ccccc3[nH]c-2c1. The maximum Gasteiger partial charge on any atom is 0.397 e. The van der Waals surface area contributed by atoms with Crippen LogP contribution in [0.2, 0.25) is 0 Å². The highest BCUT2D eigenvalue weighted by Gasteiger charge is 2.02. The van der Waals surface area contributed by atoms with Crippen molar-refractivity contribution in [1.82, 2.24) is 4.98 Å². The van der Waals surface area contributed by atoms with Gasteiger partial charge >= 0.3 is 10.4 Å². The summed E-state index contributed by atoms with van der Waals surface area (Å²) < 4.78 is 29.7. The van der Waals surface area contributed by atoms with Crippen LogP contribution in [0.15, 0.2) is 48.5 Å². The summed E-state index contributed by atoms with van der Waals surface area (Å²) in [7, 11) is -3.29. The highest BCUT2D eigenvalue weighted by atomic mass is 32.3. The number of benzene rings is 1. The molecule has 0 atom stereocenters. The van der Waals surface area contributed by atoms with E-state index in [1.54, 1.807) is 0 Å². The zero-order chi connectivity index (χ0) is 13.9. The Morgan fingerprint density at radius 3 is 2.47 bits per heavy atom. The van der Waals surface area contributed by atoms with Crippen LogP contribution in [0.1, 0.15) is 0 Å². The van der Waals surface area contributed by atoms with Crippen molar-refractivity contribution in [2.45, 2.75) is 0 Å². The molecule has 100 valence electrons. The Hall–Kier alpha value is -1.89. The number of aromatic nitrogens is 1. The zero-order valence-corrected chi connectivity index (χ0v) is 11.0. The quantitative estimate of drug-likeness (QED) is 0.671. The van der Waals surface area contributed by atoms with E-state index in [0.29, 0.717) is 0 Å². The van der Waals surface area contributed by atoms with E-state index in [1.165, 1.54) is 22.2 Å². The lowest BCUT2D eigenvalue weighted by Gasteiger charge is -2.03. The molecule has 19 heavy (non-hydrogen) atoms. The van der Waals surface area contributed by atoms with Gasteiger partial charge in [0.25, 0.3) is 0 Å². The van der Waals surface area contributed by atoms with Gasteiger partial charge in [-0.15, -0.1) is 0 Å². The van der Waals surface area contributed by atoms with E-state index in [4.69, 9.17) is 4.55 Å². The summed E-state index contributed by atoms with van der Waals surface area (Å²) in [5.41, 5.74) is 3.68. The molecule has 6 heteroatoms. The number of nitrogens with one attached hydrogen (secondary N) is 1. The van der Waals surface area contributed by atoms with Crippen molar-refractivity contribution in [1.29, 1.82) is 0 Å². The first-order valence-corrected chi connectivity index (χ1v) is 6.85. The Morgan fingerprint density at radius 1 is 1.11 bits per heavy atom. The van der Waals surface area contributed by atoms with Crippen LogP contribution in [-0.4, -0.2) is 25.1 Å². The predicted octanol–water partition coefficient (Wildman–Crippen LogP) is 2.71. The Bertz CT molecular complexity index is 702. The monoisotopic (exact) mass is 279 g/mol. The number of rotatable bonds is 1. The van der Waals surface area contributed by atoms with Gasteiger partial charge in [-0.25, -0.2) is 0 Å². The lowest BCUT2D eigenvalue weighted by atomic mass is 10.1. The van der Waals surface area contributed by atoms with E-state index in [-0.39, 0.29) is 0 Å². The second-order valence-corrected chi connectivity index (χ2v) is 5.03. The third kappa shape index (κ3) is 3.54. The zero-order valence-electron chi connectivity index (χ0n) is 10.2. The molecule has 0 spiro atoms. The van der Waals surface area contributed by atoms with Crippen LogP contribution in [0, 0.1) is 0 Å². The minimum Gasteiger partial charge on any atom is -0.355 e. The van der Waals surface area contributed by atoms with E-state index in [2.05, 4.69) is 51.6 Å². The van der Waals surface area contributed by atoms with Crippen LogP contribution in [0.25, 0.3) is 22.2 Å². The average molecular weight is 279 g/mol. The van der Waals surface area contributed by atoms with Gasteiger partial charge in [-0.3, -0.25) is 8.74 Å². The second kappa shape index (κ2) is 5.40. The number of fused-ring (bicyclic) bond motifs is 2. The minimum atomic E-state index is -4.16. The molecule has 1 aliphatic carbocycles. The number of hydrogen-bond acceptors (Lipinski definition) is 3. The average Bonchev–Trinajstić information content (AvgIpc) is 2.83. The smallest absolute Gasteiger partial charge is 0.355 e. The van der Waals surface area contributed by atoms with Gasteiger partial charge in [-0.2, -0.15) is 8.42 Å². The number of H-pyrrole nitrogens is 1. The fourth-order valence-electron chi connectivity index (χ4n) is 1.72. The van der Waals surface area contributed by atoms with Gasteiger partial charge < -0.3 is 4.98 Å². The molecule has 0 amide bonds. The van der Waals surface area contributed by atoms with Gasteiger partial charge in [-0.1, -0.05) is 30.3 Å². The van der Waals surface area contributed by atoms with Crippen LogP contribution >= 0.6 is 0 Å². The first-order chi connectivity index (χ1) is 8.99. The lowest BCUT2D eigenvalue weighted by molar-refractivity contribution is 0.324. The molecule has 0 fully saturated rings. The highest BCUT2D eigenvalue weighted by Crippen LogP contribution is 2.24. The molecule has 1 aromatic carbocycles. The summed E-state index contributed by atoms with van der Waals surface area (Å²) >= 11 is 0. The number of aromatic amines is 1. The lowest BCUT2D eigenvalue weighted by Crippen LogP contribution is -1.96. The first-order valence-electron chi connectivity index (χ1n) is 5.49. The molecule has 1 heterocycles. The van der Waals surface area contributed by atoms with Crippen molar-refractivity contribution < 1.29 is 17.2 Å². The van der Waals surface area contributed by atoms with Crippen LogP contribution in [0.4, 0.5) is 0 Å². The molecule has 0 saturated heterocycles. The predicted molar refractivity (Wildman–Crippen MR) is 73.5 cm³/mol. The topological polar surface area (TPSA) is 79.4 Å². The van der Waals surface area contributed by atoms with E-state index in [0.717, 1.165) is 7.11 Å². The third-order valence-electron chi connectivity index (χ3n) is 2.60. The second-order valence-electron chi connectivity index (χ2n) is 3.85. The Labute approximate surface area is 111 Å². The standard InChI is InChI=1S/C12H9N.CH4O4S/c1-2-6-11-9(4-1)8-10-5-3-7-12(10)13-11;1-5-6(2,3)4/h1-8,13H;1H3,(H,2,3,4). The Balaban J connectivity index is 0.000000192. The minimum absolute atomic E-state index is 0.870. The normalized spacial score (nSPS) is 11.3. The van der Waals surface area contributed by atoms with Gasteiger partial charge in [0.15, 0.2) is 0 Å².